The van der Waals surface area contributed by atoms with Gasteiger partial charge in [0.1, 0.15) is 11.4 Å². The first-order chi connectivity index (χ1) is 22.8. The molecule has 3 N–H and O–H groups in total. The lowest BCUT2D eigenvalue weighted by atomic mass is 10.1. The normalized spacial score (nSPS) is 11.8. The van der Waals surface area contributed by atoms with Gasteiger partial charge in [-0.2, -0.15) is 0 Å². The molecule has 0 fully saturated rings. The summed E-state index contributed by atoms with van der Waals surface area (Å²) in [5.41, 5.74) is 3.24. The Bertz CT molecular complexity index is 1890. The average Bonchev–Trinajstić information content (AvgIpc) is 3.54. The molecule has 0 aliphatic carbocycles. The van der Waals surface area contributed by atoms with Crippen LogP contribution in [0.4, 0.5) is 10.8 Å². The minimum absolute atomic E-state index is 0.0400. The Labute approximate surface area is 286 Å². The van der Waals surface area contributed by atoms with Crippen LogP contribution in [-0.2, 0) is 9.59 Å². The van der Waals surface area contributed by atoms with Gasteiger partial charge in [-0.1, -0.05) is 66.2 Å². The van der Waals surface area contributed by atoms with Crippen LogP contribution in [0.15, 0.2) is 119 Å². The fraction of sp³-hybridized carbons (Fsp3) is 0.111. The van der Waals surface area contributed by atoms with Gasteiger partial charge in [-0.25, -0.2) is 4.98 Å². The molecule has 5 rings (SSSR count). The highest BCUT2D eigenvalue weighted by molar-refractivity contribution is 8.00. The number of thioether (sulfide) groups is 1. The molecule has 1 unspecified atom stereocenters. The maximum absolute atomic E-state index is 13.6. The maximum Gasteiger partial charge on any atom is 0.272 e. The first-order valence-corrected chi connectivity index (χ1v) is 16.8. The fourth-order valence-corrected chi connectivity index (χ4v) is 6.15. The van der Waals surface area contributed by atoms with Gasteiger partial charge < -0.3 is 20.7 Å². The highest BCUT2D eigenvalue weighted by Gasteiger charge is 2.19. The summed E-state index contributed by atoms with van der Waals surface area (Å²) in [5, 5.41) is 11.1. The summed E-state index contributed by atoms with van der Waals surface area (Å²) in [6.07, 6.45) is 1.59. The topological polar surface area (TPSA) is 109 Å². The van der Waals surface area contributed by atoms with E-state index >= 15 is 0 Å². The largest absolute Gasteiger partial charge is 0.493 e. The van der Waals surface area contributed by atoms with Crippen molar-refractivity contribution in [1.82, 2.24) is 10.3 Å². The Hall–Kier alpha value is -4.90. The molecule has 0 aliphatic rings. The van der Waals surface area contributed by atoms with E-state index in [0.29, 0.717) is 39.3 Å². The van der Waals surface area contributed by atoms with Crippen molar-refractivity contribution in [2.45, 2.75) is 24.0 Å². The molecule has 8 nitrogen and oxygen atoms in total. The van der Waals surface area contributed by atoms with Crippen molar-refractivity contribution < 1.29 is 19.1 Å². The molecule has 1 atom stereocenters. The van der Waals surface area contributed by atoms with Gasteiger partial charge >= 0.3 is 0 Å². The molecule has 47 heavy (non-hydrogen) atoms. The number of rotatable bonds is 12. The zero-order chi connectivity index (χ0) is 33.2. The smallest absolute Gasteiger partial charge is 0.272 e. The van der Waals surface area contributed by atoms with Gasteiger partial charge in [-0.05, 0) is 68.5 Å². The third-order valence-electron chi connectivity index (χ3n) is 6.70. The highest BCUT2D eigenvalue weighted by Crippen LogP contribution is 2.29. The molecule has 0 bridgehead atoms. The number of nitrogens with zero attached hydrogens (tertiary/aromatic N) is 1. The number of hydrogen-bond donors (Lipinski definition) is 3. The molecule has 1 aromatic heterocycles. The molecule has 3 amide bonds. The molecule has 0 radical (unpaired) electrons. The molecule has 5 aromatic rings. The Balaban J connectivity index is 1.27. The molecule has 0 spiro atoms. The van der Waals surface area contributed by atoms with Crippen molar-refractivity contribution in [3.63, 3.8) is 0 Å². The van der Waals surface area contributed by atoms with E-state index < -0.39 is 17.1 Å². The summed E-state index contributed by atoms with van der Waals surface area (Å²) in [5.74, 6) is -0.568. The molecular formula is C36H31ClN4O4S2. The zero-order valence-electron chi connectivity index (χ0n) is 25.5. The summed E-state index contributed by atoms with van der Waals surface area (Å²) in [6, 6.07) is 30.4. The Kier molecular flexibility index (Phi) is 11.5. The molecule has 1 heterocycles. The quantitative estimate of drug-likeness (QED) is 0.0901. The first kappa shape index (κ1) is 33.5. The molecule has 0 saturated heterocycles. The van der Waals surface area contributed by atoms with E-state index in [1.165, 1.54) is 23.1 Å². The van der Waals surface area contributed by atoms with Crippen LogP contribution in [0.1, 0.15) is 29.8 Å². The Morgan fingerprint density at radius 2 is 1.68 bits per heavy atom. The number of hydrogen-bond acceptors (Lipinski definition) is 7. The summed E-state index contributed by atoms with van der Waals surface area (Å²) >= 11 is 8.67. The SMILES string of the molecule is CCOc1ccccc1/C=C(/NC(=O)c1ccccc1)C(=O)Nc1cccc(SC(C)C(=O)Nc2nc(-c3ccc(Cl)cc3)cs2)c1. The van der Waals surface area contributed by atoms with E-state index in [1.807, 2.05) is 48.7 Å². The second-order valence-corrected chi connectivity index (χ2v) is 12.8. The van der Waals surface area contributed by atoms with Gasteiger partial charge in [0.15, 0.2) is 5.13 Å². The minimum Gasteiger partial charge on any atom is -0.493 e. The number of amides is 3. The number of halogens is 1. The Morgan fingerprint density at radius 3 is 2.45 bits per heavy atom. The lowest BCUT2D eigenvalue weighted by Crippen LogP contribution is -2.30. The fourth-order valence-electron chi connectivity index (χ4n) is 4.38. The van der Waals surface area contributed by atoms with Gasteiger partial charge in [0, 0.05) is 37.7 Å². The van der Waals surface area contributed by atoms with Crippen molar-refractivity contribution in [2.24, 2.45) is 0 Å². The summed E-state index contributed by atoms with van der Waals surface area (Å²) < 4.78 is 5.73. The van der Waals surface area contributed by atoms with E-state index in [4.69, 9.17) is 16.3 Å². The number of benzene rings is 4. The van der Waals surface area contributed by atoms with E-state index in [1.54, 1.807) is 79.7 Å². The number of thiazole rings is 1. The second-order valence-electron chi connectivity index (χ2n) is 10.1. The Morgan fingerprint density at radius 1 is 0.936 bits per heavy atom. The van der Waals surface area contributed by atoms with Crippen LogP contribution in [0.5, 0.6) is 5.75 Å². The highest BCUT2D eigenvalue weighted by atomic mass is 35.5. The maximum atomic E-state index is 13.6. The van der Waals surface area contributed by atoms with Crippen molar-refractivity contribution in [1.29, 1.82) is 0 Å². The van der Waals surface area contributed by atoms with Crippen LogP contribution in [0.2, 0.25) is 5.02 Å². The number of nitrogens with one attached hydrogen (secondary N) is 3. The van der Waals surface area contributed by atoms with E-state index in [-0.39, 0.29) is 11.6 Å². The zero-order valence-corrected chi connectivity index (χ0v) is 27.9. The lowest BCUT2D eigenvalue weighted by Gasteiger charge is -2.14. The van der Waals surface area contributed by atoms with E-state index in [9.17, 15) is 14.4 Å². The number of carbonyl (C=O) groups is 3. The van der Waals surface area contributed by atoms with Gasteiger partial charge in [0.25, 0.3) is 11.8 Å². The molecule has 11 heteroatoms. The minimum atomic E-state index is -0.520. The van der Waals surface area contributed by atoms with Crippen LogP contribution in [-0.4, -0.2) is 34.6 Å². The summed E-state index contributed by atoms with van der Waals surface area (Å²) in [4.78, 5) is 45.0. The molecule has 0 aliphatic heterocycles. The summed E-state index contributed by atoms with van der Waals surface area (Å²) in [6.45, 7) is 4.12. The van der Waals surface area contributed by atoms with Crippen LogP contribution in [0.25, 0.3) is 17.3 Å². The molecule has 0 saturated carbocycles. The third-order valence-corrected chi connectivity index (χ3v) is 8.80. The second kappa shape index (κ2) is 16.1. The van der Waals surface area contributed by atoms with Crippen LogP contribution in [0.3, 0.4) is 0 Å². The standard InChI is InChI=1S/C36H31ClN4O4S2/c1-3-45-32-15-8-7-12-26(32)20-30(39-34(43)25-10-5-4-6-11-25)35(44)38-28-13-9-14-29(21-28)47-23(2)33(42)41-36-40-31(22-46-36)24-16-18-27(37)19-17-24/h4-23H,3H2,1-2H3,(H,38,44)(H,39,43)(H,40,41,42)/b30-20+. The molecule has 4 aromatic carbocycles. The molecule has 238 valence electrons. The number of anilines is 2. The average molecular weight is 683 g/mol. The van der Waals surface area contributed by atoms with Gasteiger partial charge in [0.2, 0.25) is 5.91 Å². The van der Waals surface area contributed by atoms with Crippen LogP contribution in [0, 0.1) is 0 Å². The van der Waals surface area contributed by atoms with Crippen LogP contribution >= 0.6 is 34.7 Å². The van der Waals surface area contributed by atoms with E-state index in [2.05, 4.69) is 20.9 Å². The number of para-hydroxylation sites is 1. The van der Waals surface area contributed by atoms with Gasteiger partial charge in [-0.15, -0.1) is 23.1 Å². The van der Waals surface area contributed by atoms with Crippen molar-refractivity contribution in [3.05, 3.63) is 130 Å². The van der Waals surface area contributed by atoms with Gasteiger partial charge in [-0.3, -0.25) is 14.4 Å². The van der Waals surface area contributed by atoms with Crippen molar-refractivity contribution >= 4 is 69.3 Å². The third kappa shape index (κ3) is 9.32. The number of aromatic nitrogens is 1. The first-order valence-electron chi connectivity index (χ1n) is 14.7. The number of carbonyl (C=O) groups excluding carboxylic acids is 3. The molecular weight excluding hydrogens is 652 g/mol. The van der Waals surface area contributed by atoms with Crippen molar-refractivity contribution in [2.75, 3.05) is 17.2 Å². The van der Waals surface area contributed by atoms with Crippen LogP contribution < -0.4 is 20.7 Å². The number of ether oxygens (including phenoxy) is 1. The van der Waals surface area contributed by atoms with E-state index in [0.717, 1.165) is 16.2 Å². The van der Waals surface area contributed by atoms with Crippen molar-refractivity contribution in [3.8, 4) is 17.0 Å². The lowest BCUT2D eigenvalue weighted by molar-refractivity contribution is -0.115. The predicted molar refractivity (Wildman–Crippen MR) is 191 cm³/mol. The summed E-state index contributed by atoms with van der Waals surface area (Å²) in [7, 11) is 0. The predicted octanol–water partition coefficient (Wildman–Crippen LogP) is 8.39. The monoisotopic (exact) mass is 682 g/mol. The van der Waals surface area contributed by atoms with Gasteiger partial charge in [0.05, 0.1) is 17.6 Å².